The molecular weight excluding hydrogens is 228 g/mol. The minimum Gasteiger partial charge on any atom is -0.344 e. The van der Waals surface area contributed by atoms with E-state index < -0.39 is 0 Å². The monoisotopic (exact) mass is 252 g/mol. The van der Waals surface area contributed by atoms with E-state index in [1.165, 1.54) is 6.42 Å². The summed E-state index contributed by atoms with van der Waals surface area (Å²) in [4.78, 5) is 26.2. The lowest BCUT2D eigenvalue weighted by Gasteiger charge is -2.31. The summed E-state index contributed by atoms with van der Waals surface area (Å²) in [6, 6.07) is 0.0114. The molecule has 18 heavy (non-hydrogen) atoms. The first-order valence-electron chi connectivity index (χ1n) is 7.09. The third kappa shape index (κ3) is 2.68. The fourth-order valence-corrected chi connectivity index (χ4v) is 3.09. The summed E-state index contributed by atoms with van der Waals surface area (Å²) in [7, 11) is 0. The molecule has 1 saturated heterocycles. The van der Waals surface area contributed by atoms with Gasteiger partial charge < -0.3 is 10.2 Å². The third-order valence-electron chi connectivity index (χ3n) is 4.22. The van der Waals surface area contributed by atoms with E-state index in [1.807, 2.05) is 18.7 Å². The molecular formula is C14H24N2O2. The van der Waals surface area contributed by atoms with Crippen LogP contribution in [-0.4, -0.2) is 35.3 Å². The number of nitrogens with one attached hydrogen (secondary N) is 1. The molecule has 0 radical (unpaired) electrons. The van der Waals surface area contributed by atoms with Crippen LogP contribution in [-0.2, 0) is 9.59 Å². The highest BCUT2D eigenvalue weighted by Crippen LogP contribution is 2.30. The molecule has 3 atom stereocenters. The van der Waals surface area contributed by atoms with Crippen molar-refractivity contribution in [1.82, 2.24) is 10.2 Å². The van der Waals surface area contributed by atoms with E-state index in [9.17, 15) is 9.59 Å². The standard InChI is InChI=1S/C14H24N2O2/c1-9(2)13-14(18)16(7-6-12(17)15-13)11-5-4-10(3)8-11/h9-11,13H,4-8H2,1-3H3,(H,15,17). The minimum atomic E-state index is -0.337. The fourth-order valence-electron chi connectivity index (χ4n) is 3.09. The SMILES string of the molecule is CC1CCC(N2CCC(=O)NC(C(C)C)C2=O)C1. The van der Waals surface area contributed by atoms with Crippen LogP contribution in [0.1, 0.15) is 46.5 Å². The molecule has 0 aromatic heterocycles. The Hall–Kier alpha value is -1.06. The van der Waals surface area contributed by atoms with E-state index in [4.69, 9.17) is 0 Å². The normalized spacial score (nSPS) is 33.8. The van der Waals surface area contributed by atoms with Crippen molar-refractivity contribution < 1.29 is 9.59 Å². The van der Waals surface area contributed by atoms with Crippen LogP contribution < -0.4 is 5.32 Å². The third-order valence-corrected chi connectivity index (χ3v) is 4.22. The van der Waals surface area contributed by atoms with Gasteiger partial charge in [-0.05, 0) is 31.1 Å². The van der Waals surface area contributed by atoms with E-state index in [2.05, 4.69) is 12.2 Å². The zero-order valence-corrected chi connectivity index (χ0v) is 11.6. The van der Waals surface area contributed by atoms with Gasteiger partial charge in [-0.2, -0.15) is 0 Å². The molecule has 0 spiro atoms. The highest BCUT2D eigenvalue weighted by atomic mass is 16.2. The molecule has 0 aromatic carbocycles. The second-order valence-electron chi connectivity index (χ2n) is 6.14. The van der Waals surface area contributed by atoms with Crippen molar-refractivity contribution in [2.75, 3.05) is 6.54 Å². The molecule has 1 saturated carbocycles. The average Bonchev–Trinajstić information content (AvgIpc) is 2.65. The number of hydrogen-bond acceptors (Lipinski definition) is 2. The zero-order valence-electron chi connectivity index (χ0n) is 11.6. The second kappa shape index (κ2) is 5.29. The summed E-state index contributed by atoms with van der Waals surface area (Å²) in [6.45, 7) is 6.81. The summed E-state index contributed by atoms with van der Waals surface area (Å²) < 4.78 is 0. The van der Waals surface area contributed by atoms with Gasteiger partial charge in [0.25, 0.3) is 0 Å². The molecule has 1 aliphatic carbocycles. The van der Waals surface area contributed by atoms with Crippen LogP contribution >= 0.6 is 0 Å². The van der Waals surface area contributed by atoms with Crippen LogP contribution in [0.25, 0.3) is 0 Å². The Kier molecular flexibility index (Phi) is 3.93. The first-order valence-corrected chi connectivity index (χ1v) is 7.09. The van der Waals surface area contributed by atoms with Gasteiger partial charge in [0.15, 0.2) is 0 Å². The Morgan fingerprint density at radius 1 is 1.28 bits per heavy atom. The van der Waals surface area contributed by atoms with E-state index in [0.717, 1.165) is 12.8 Å². The van der Waals surface area contributed by atoms with Gasteiger partial charge in [0.2, 0.25) is 11.8 Å². The van der Waals surface area contributed by atoms with Crippen LogP contribution in [0.5, 0.6) is 0 Å². The molecule has 0 bridgehead atoms. The molecule has 0 aromatic rings. The smallest absolute Gasteiger partial charge is 0.245 e. The van der Waals surface area contributed by atoms with E-state index in [-0.39, 0.29) is 23.8 Å². The van der Waals surface area contributed by atoms with Gasteiger partial charge in [-0.1, -0.05) is 20.8 Å². The van der Waals surface area contributed by atoms with Gasteiger partial charge in [-0.15, -0.1) is 0 Å². The maximum atomic E-state index is 12.5. The molecule has 1 N–H and O–H groups in total. The highest BCUT2D eigenvalue weighted by Gasteiger charge is 2.37. The first kappa shape index (κ1) is 13.4. The summed E-state index contributed by atoms with van der Waals surface area (Å²) >= 11 is 0. The van der Waals surface area contributed by atoms with Crippen LogP contribution in [0.4, 0.5) is 0 Å². The number of carbonyl (C=O) groups excluding carboxylic acids is 2. The Morgan fingerprint density at radius 3 is 2.56 bits per heavy atom. The van der Waals surface area contributed by atoms with Crippen LogP contribution in [0, 0.1) is 11.8 Å². The molecule has 2 amide bonds. The van der Waals surface area contributed by atoms with Crippen molar-refractivity contribution >= 4 is 11.8 Å². The topological polar surface area (TPSA) is 49.4 Å². The molecule has 1 heterocycles. The van der Waals surface area contributed by atoms with Crippen molar-refractivity contribution in [2.45, 2.75) is 58.5 Å². The Morgan fingerprint density at radius 2 is 2.00 bits per heavy atom. The molecule has 4 heteroatoms. The molecule has 3 unspecified atom stereocenters. The quantitative estimate of drug-likeness (QED) is 0.810. The van der Waals surface area contributed by atoms with Crippen LogP contribution in [0.3, 0.4) is 0 Å². The predicted molar refractivity (Wildman–Crippen MR) is 69.9 cm³/mol. The zero-order chi connectivity index (χ0) is 13.3. The Labute approximate surface area is 109 Å². The predicted octanol–water partition coefficient (Wildman–Crippen LogP) is 1.55. The number of rotatable bonds is 2. The van der Waals surface area contributed by atoms with Gasteiger partial charge in [-0.3, -0.25) is 9.59 Å². The lowest BCUT2D eigenvalue weighted by molar-refractivity contribution is -0.136. The number of amides is 2. The molecule has 2 fully saturated rings. The van der Waals surface area contributed by atoms with Gasteiger partial charge in [0.05, 0.1) is 0 Å². The van der Waals surface area contributed by atoms with E-state index in [1.54, 1.807) is 0 Å². The minimum absolute atomic E-state index is 0.00981. The molecule has 2 aliphatic rings. The number of hydrogen-bond donors (Lipinski definition) is 1. The van der Waals surface area contributed by atoms with Crippen LogP contribution in [0.15, 0.2) is 0 Å². The van der Waals surface area contributed by atoms with Gasteiger partial charge in [0.1, 0.15) is 6.04 Å². The van der Waals surface area contributed by atoms with E-state index >= 15 is 0 Å². The highest BCUT2D eigenvalue weighted by molar-refractivity contribution is 5.90. The van der Waals surface area contributed by atoms with E-state index in [0.29, 0.717) is 24.9 Å². The first-order chi connectivity index (χ1) is 8.49. The molecule has 102 valence electrons. The summed E-state index contributed by atoms with van der Waals surface area (Å²) in [5.74, 6) is 0.985. The molecule has 1 aliphatic heterocycles. The van der Waals surface area contributed by atoms with Gasteiger partial charge in [0, 0.05) is 19.0 Å². The van der Waals surface area contributed by atoms with Crippen molar-refractivity contribution in [3.8, 4) is 0 Å². The van der Waals surface area contributed by atoms with Crippen molar-refractivity contribution in [2.24, 2.45) is 11.8 Å². The van der Waals surface area contributed by atoms with Crippen molar-refractivity contribution in [3.63, 3.8) is 0 Å². The second-order valence-corrected chi connectivity index (χ2v) is 6.14. The number of nitrogens with zero attached hydrogens (tertiary/aromatic N) is 1. The maximum absolute atomic E-state index is 12.5. The van der Waals surface area contributed by atoms with Gasteiger partial charge >= 0.3 is 0 Å². The Bertz CT molecular complexity index is 341. The summed E-state index contributed by atoms with van der Waals surface area (Å²) in [5.41, 5.74) is 0. The van der Waals surface area contributed by atoms with Crippen LogP contribution in [0.2, 0.25) is 0 Å². The number of carbonyl (C=O) groups is 2. The lowest BCUT2D eigenvalue weighted by atomic mass is 10.0. The average molecular weight is 252 g/mol. The maximum Gasteiger partial charge on any atom is 0.245 e. The summed E-state index contributed by atoms with van der Waals surface area (Å²) in [5, 5.41) is 2.86. The van der Waals surface area contributed by atoms with Crippen molar-refractivity contribution in [1.29, 1.82) is 0 Å². The Balaban J connectivity index is 2.13. The van der Waals surface area contributed by atoms with Gasteiger partial charge in [-0.25, -0.2) is 0 Å². The molecule has 4 nitrogen and oxygen atoms in total. The van der Waals surface area contributed by atoms with Crippen molar-refractivity contribution in [3.05, 3.63) is 0 Å². The molecule has 2 rings (SSSR count). The summed E-state index contributed by atoms with van der Waals surface area (Å²) in [6.07, 6.45) is 3.82. The lowest BCUT2D eigenvalue weighted by Crippen LogP contribution is -2.50. The largest absolute Gasteiger partial charge is 0.344 e. The fraction of sp³-hybridized carbons (Fsp3) is 0.857.